The number of hydrogen-bond donors (Lipinski definition) is 0. The van der Waals surface area contributed by atoms with Crippen LogP contribution < -0.4 is 38.7 Å². The van der Waals surface area contributed by atoms with Gasteiger partial charge in [0, 0.05) is 139 Å². The van der Waals surface area contributed by atoms with Crippen LogP contribution in [0.2, 0.25) is 0 Å². The molecule has 0 spiro atoms. The molecule has 0 aliphatic carbocycles. The number of benzene rings is 5. The summed E-state index contributed by atoms with van der Waals surface area (Å²) in [5, 5.41) is 0. The Morgan fingerprint density at radius 2 is 1.18 bits per heavy atom. The number of anilines is 5. The topological polar surface area (TPSA) is 123 Å². The number of hydrogen-bond acceptors (Lipinski definition) is 12. The summed E-state index contributed by atoms with van der Waals surface area (Å²) in [6.07, 6.45) is 3.16. The molecule has 2 amide bonds. The van der Waals surface area contributed by atoms with Crippen molar-refractivity contribution in [3.8, 4) is 17.2 Å². The summed E-state index contributed by atoms with van der Waals surface area (Å²) >= 11 is 0. The van der Waals surface area contributed by atoms with E-state index in [1.54, 1.807) is 20.3 Å². The van der Waals surface area contributed by atoms with Crippen molar-refractivity contribution < 1.29 is 108 Å². The maximum atomic E-state index is 14.3. The normalized spacial score (nSPS) is 16.2. The molecule has 2 atom stereocenters. The van der Waals surface area contributed by atoms with E-state index in [2.05, 4.69) is 48.3 Å². The number of rotatable bonds is 22. The molecular formula is C57H65N5O9Y2-2. The SMILES string of the molecule is CCC(=O)CCCN(CCOCCOCCOC)c1cc(COc2cc3c(cc2C)C(=O)N2c4ccccc4C[C@H]2[CH-]N3C)cc(COc2cc3c(cc2OC)C(=O)N2c4ccccc4C[C@H]2[CH-]N3C)c1.[Y].[Y]. The van der Waals surface area contributed by atoms with Crippen LogP contribution in [-0.2, 0) is 110 Å². The molecule has 16 heteroatoms. The molecule has 73 heavy (non-hydrogen) atoms. The molecule has 4 heterocycles. The first kappa shape index (κ1) is 56.3. The molecule has 0 bridgehead atoms. The fourth-order valence-electron chi connectivity index (χ4n) is 10.2. The second-order valence-corrected chi connectivity index (χ2v) is 18.6. The molecule has 0 fully saturated rings. The largest absolute Gasteiger partial charge is 0.522 e. The molecule has 9 rings (SSSR count). The molecule has 0 saturated carbocycles. The molecule has 14 nitrogen and oxygen atoms in total. The molecule has 2 radical (unpaired) electrons. The first-order valence-corrected chi connectivity index (χ1v) is 24.7. The predicted octanol–water partition coefficient (Wildman–Crippen LogP) is 8.77. The Morgan fingerprint density at radius 1 is 0.644 bits per heavy atom. The smallest absolute Gasteiger partial charge is 0.258 e. The van der Waals surface area contributed by atoms with E-state index >= 15 is 0 Å². The van der Waals surface area contributed by atoms with Crippen molar-refractivity contribution in [2.75, 3.05) is 98.9 Å². The Labute approximate surface area is 480 Å². The second kappa shape index (κ2) is 25.9. The zero-order valence-electron chi connectivity index (χ0n) is 42.9. The molecular weight excluding hydrogens is 1080 g/mol. The first-order chi connectivity index (χ1) is 34.5. The van der Waals surface area contributed by atoms with Gasteiger partial charge in [0.1, 0.15) is 24.7 Å². The van der Waals surface area contributed by atoms with Gasteiger partial charge >= 0.3 is 0 Å². The summed E-state index contributed by atoms with van der Waals surface area (Å²) < 4.78 is 36.0. The van der Waals surface area contributed by atoms with E-state index in [0.717, 1.165) is 63.5 Å². The summed E-state index contributed by atoms with van der Waals surface area (Å²) in [7, 11) is 7.19. The van der Waals surface area contributed by atoms with Gasteiger partial charge in [-0.25, -0.2) is 13.1 Å². The quantitative estimate of drug-likeness (QED) is 0.0487. The van der Waals surface area contributed by atoms with Gasteiger partial charge in [0.15, 0.2) is 11.5 Å². The number of ether oxygens (including phenoxy) is 6. The van der Waals surface area contributed by atoms with Gasteiger partial charge in [-0.2, -0.15) is 0 Å². The van der Waals surface area contributed by atoms with Crippen molar-refractivity contribution in [1.29, 1.82) is 0 Å². The Morgan fingerprint density at radius 3 is 1.75 bits per heavy atom. The van der Waals surface area contributed by atoms with Crippen molar-refractivity contribution in [1.82, 2.24) is 0 Å². The van der Waals surface area contributed by atoms with Crippen LogP contribution in [-0.4, -0.2) is 104 Å². The maximum absolute atomic E-state index is 14.3. The van der Waals surface area contributed by atoms with E-state index < -0.39 is 0 Å². The number of carbonyl (C=O) groups excluding carboxylic acids is 3. The fraction of sp³-hybridized carbons (Fsp3) is 0.386. The minimum atomic E-state index is -0.120. The summed E-state index contributed by atoms with van der Waals surface area (Å²) in [4.78, 5) is 51.2. The van der Waals surface area contributed by atoms with Crippen molar-refractivity contribution >= 4 is 46.0 Å². The van der Waals surface area contributed by atoms with Crippen LogP contribution in [0.5, 0.6) is 17.2 Å². The molecule has 0 N–H and O–H groups in total. The van der Waals surface area contributed by atoms with Crippen LogP contribution in [0.1, 0.15) is 74.7 Å². The van der Waals surface area contributed by atoms with Crippen LogP contribution >= 0.6 is 0 Å². The molecule has 380 valence electrons. The third-order valence-electron chi connectivity index (χ3n) is 13.8. The zero-order valence-corrected chi connectivity index (χ0v) is 48.6. The fourth-order valence-corrected chi connectivity index (χ4v) is 10.2. The number of likely N-dealkylation sites (N-methyl/N-ethyl adjacent to an activating group) is 2. The number of fused-ring (bicyclic) bond motifs is 8. The molecule has 5 aromatic rings. The summed E-state index contributed by atoms with van der Waals surface area (Å²) in [5.41, 5.74) is 10.4. The van der Waals surface area contributed by atoms with Crippen LogP contribution in [0, 0.1) is 20.0 Å². The van der Waals surface area contributed by atoms with Gasteiger partial charge in [0.2, 0.25) is 0 Å². The minimum absolute atomic E-state index is 0. The van der Waals surface area contributed by atoms with Gasteiger partial charge < -0.3 is 52.9 Å². The number of para-hydroxylation sites is 2. The van der Waals surface area contributed by atoms with Gasteiger partial charge in [-0.15, -0.1) is 0 Å². The van der Waals surface area contributed by atoms with Crippen molar-refractivity contribution in [3.05, 3.63) is 143 Å². The van der Waals surface area contributed by atoms with E-state index in [9.17, 15) is 14.4 Å². The summed E-state index contributed by atoms with van der Waals surface area (Å²) in [6, 6.07) is 29.9. The summed E-state index contributed by atoms with van der Waals surface area (Å²) in [5.74, 6) is 1.73. The standard InChI is InChI=1S/C57H65N5O9.2Y/c1-7-46(63)15-12-18-60(19-20-68-23-24-69-22-21-66-5)43-27-39(36-70-53-32-51-47(25-38(53)2)56(64)61-44(34-58(51)3)29-41-13-8-10-16-49(41)61)26-40(28-43)37-71-55-33-52-48(31-54(55)67-6)57(65)62-45(35-59(52)4)30-42-14-9-11-17-50(42)62;;/h8-11,13-14,16-17,25-28,31-35,44-45H,7,12,15,18-24,29-30,36-37H2,1-6H3;;/q-2;;/t44-,45-;;/m0../s1. The second-order valence-electron chi connectivity index (χ2n) is 18.6. The van der Waals surface area contributed by atoms with Crippen LogP contribution in [0.4, 0.5) is 28.4 Å². The maximum Gasteiger partial charge on any atom is 0.258 e. The molecule has 0 unspecified atom stereocenters. The predicted molar refractivity (Wildman–Crippen MR) is 276 cm³/mol. The first-order valence-electron chi connectivity index (χ1n) is 24.7. The number of amides is 2. The van der Waals surface area contributed by atoms with Crippen LogP contribution in [0.15, 0.2) is 91.0 Å². The van der Waals surface area contributed by atoms with Crippen molar-refractivity contribution in [3.63, 3.8) is 0 Å². The van der Waals surface area contributed by atoms with Gasteiger partial charge in [-0.3, -0.25) is 14.4 Å². The molecule has 5 aromatic carbocycles. The van der Waals surface area contributed by atoms with Crippen molar-refractivity contribution in [2.24, 2.45) is 0 Å². The Balaban J connectivity index is 0.00000390. The zero-order chi connectivity index (χ0) is 49.6. The Bertz CT molecular complexity index is 2760. The third-order valence-corrected chi connectivity index (χ3v) is 13.8. The molecule has 4 aliphatic rings. The number of nitrogens with zero attached hydrogens (tertiary/aromatic N) is 5. The monoisotopic (exact) mass is 1140 g/mol. The average molecular weight is 1140 g/mol. The average Bonchev–Trinajstić information content (AvgIpc) is 3.88. The van der Waals surface area contributed by atoms with Gasteiger partial charge in [0.25, 0.3) is 11.8 Å². The third kappa shape index (κ3) is 12.7. The van der Waals surface area contributed by atoms with Gasteiger partial charge in [0.05, 0.1) is 51.3 Å². The number of methoxy groups -OCH3 is 2. The van der Waals surface area contributed by atoms with Gasteiger partial charge in [-0.1, -0.05) is 55.4 Å². The van der Waals surface area contributed by atoms with E-state index in [1.807, 2.05) is 102 Å². The Kier molecular flexibility index (Phi) is 20.0. The minimum Gasteiger partial charge on any atom is -0.522 e. The van der Waals surface area contributed by atoms with E-state index in [0.29, 0.717) is 93.8 Å². The molecule has 0 saturated heterocycles. The summed E-state index contributed by atoms with van der Waals surface area (Å²) in [6.45, 7) is 12.1. The molecule has 0 aromatic heterocycles. The van der Waals surface area contributed by atoms with Crippen molar-refractivity contribution in [2.45, 2.75) is 71.2 Å². The number of carbonyl (C=O) groups is 3. The van der Waals surface area contributed by atoms with E-state index in [-0.39, 0.29) is 108 Å². The number of aryl methyl sites for hydroxylation is 1. The number of Topliss-reactive ketones (excluding diaryl/α,β-unsaturated/α-hetero) is 1. The number of ketones is 1. The van der Waals surface area contributed by atoms with Crippen LogP contribution in [0.3, 0.4) is 0 Å². The van der Waals surface area contributed by atoms with E-state index in [1.165, 1.54) is 5.56 Å². The molecule has 4 aliphatic heterocycles. The van der Waals surface area contributed by atoms with Gasteiger partial charge in [-0.05, 0) is 111 Å². The van der Waals surface area contributed by atoms with E-state index in [4.69, 9.17) is 28.4 Å². The van der Waals surface area contributed by atoms with Crippen LogP contribution in [0.25, 0.3) is 0 Å². The Hall–Kier alpha value is -4.40.